The second kappa shape index (κ2) is 9.70. The maximum absolute atomic E-state index is 10.4. The fourth-order valence-electron chi connectivity index (χ4n) is 5.67. The van der Waals surface area contributed by atoms with Crippen molar-refractivity contribution in [2.75, 3.05) is 44.3 Å². The fourth-order valence-corrected chi connectivity index (χ4v) is 5.67. The summed E-state index contributed by atoms with van der Waals surface area (Å²) < 4.78 is 14.1. The van der Waals surface area contributed by atoms with Crippen LogP contribution in [0.3, 0.4) is 0 Å². The molecule has 1 N–H and O–H groups in total. The van der Waals surface area contributed by atoms with Crippen molar-refractivity contribution in [1.82, 2.24) is 24.4 Å². The molecule has 2 fully saturated rings. The van der Waals surface area contributed by atoms with Gasteiger partial charge in [0.1, 0.15) is 17.1 Å². The van der Waals surface area contributed by atoms with Gasteiger partial charge in [0.15, 0.2) is 11.4 Å². The summed E-state index contributed by atoms with van der Waals surface area (Å²) in [6, 6.07) is 10.2. The predicted octanol–water partition coefficient (Wildman–Crippen LogP) is 3.94. The lowest BCUT2D eigenvalue weighted by atomic mass is 9.83. The molecule has 6 rings (SSSR count). The van der Waals surface area contributed by atoms with Crippen LogP contribution in [0.4, 0.5) is 5.82 Å². The minimum absolute atomic E-state index is 0.332. The molecule has 4 aromatic rings. The van der Waals surface area contributed by atoms with Gasteiger partial charge in [0.25, 0.3) is 0 Å². The third kappa shape index (κ3) is 4.71. The second-order valence-electron chi connectivity index (χ2n) is 10.8. The summed E-state index contributed by atoms with van der Waals surface area (Å²) in [6.45, 7) is 11.4. The van der Waals surface area contributed by atoms with Gasteiger partial charge in [-0.05, 0) is 57.8 Å². The van der Waals surface area contributed by atoms with E-state index >= 15 is 0 Å². The molecule has 1 aromatic carbocycles. The number of anilines is 1. The number of aryl methyl sites for hydroxylation is 1. The number of para-hydroxylation sites is 2. The molecule has 0 amide bonds. The van der Waals surface area contributed by atoms with Crippen molar-refractivity contribution in [2.24, 2.45) is 5.92 Å². The summed E-state index contributed by atoms with van der Waals surface area (Å²) in [6.07, 6.45) is 2.75. The molecule has 0 radical (unpaired) electrons. The highest BCUT2D eigenvalue weighted by atomic mass is 16.5. The molecule has 0 atom stereocenters. The van der Waals surface area contributed by atoms with Gasteiger partial charge in [-0.25, -0.2) is 9.97 Å². The largest absolute Gasteiger partial charge is 0.454 e. The third-order valence-corrected chi connectivity index (χ3v) is 7.82. The molecular weight excluding hydrogens is 468 g/mol. The normalized spacial score (nSPS) is 18.3. The lowest BCUT2D eigenvalue weighted by Crippen LogP contribution is -2.41. The highest BCUT2D eigenvalue weighted by molar-refractivity contribution is 5.86. The molecule has 2 saturated heterocycles. The van der Waals surface area contributed by atoms with Crippen LogP contribution in [-0.2, 0) is 17.7 Å². The van der Waals surface area contributed by atoms with Crippen molar-refractivity contribution in [2.45, 2.75) is 52.2 Å². The maximum Gasteiger partial charge on any atom is 0.238 e. The highest BCUT2D eigenvalue weighted by Gasteiger charge is 2.31. The molecule has 0 aliphatic carbocycles. The zero-order valence-electron chi connectivity index (χ0n) is 22.0. The third-order valence-electron chi connectivity index (χ3n) is 7.82. The average molecular weight is 505 g/mol. The number of rotatable bonds is 6. The van der Waals surface area contributed by atoms with Gasteiger partial charge < -0.3 is 19.2 Å². The molecule has 0 unspecified atom stereocenters. The number of likely N-dealkylation sites (tertiary alicyclic amines) is 1. The molecule has 2 aliphatic rings. The van der Waals surface area contributed by atoms with E-state index < -0.39 is 5.60 Å². The summed E-state index contributed by atoms with van der Waals surface area (Å²) in [5, 5.41) is 10.4. The molecule has 3 aromatic heterocycles. The van der Waals surface area contributed by atoms with E-state index in [-0.39, 0.29) is 0 Å². The van der Waals surface area contributed by atoms with E-state index in [1.165, 1.54) is 0 Å². The summed E-state index contributed by atoms with van der Waals surface area (Å²) in [4.78, 5) is 19.5. The molecule has 9 nitrogen and oxygen atoms in total. The van der Waals surface area contributed by atoms with Crippen molar-refractivity contribution in [3.63, 3.8) is 0 Å². The molecule has 0 bridgehead atoms. The number of nitrogens with zero attached hydrogens (tertiary/aromatic N) is 6. The first-order valence-corrected chi connectivity index (χ1v) is 13.5. The second-order valence-corrected chi connectivity index (χ2v) is 10.8. The van der Waals surface area contributed by atoms with Crippen LogP contribution in [0.5, 0.6) is 0 Å². The zero-order valence-corrected chi connectivity index (χ0v) is 22.0. The van der Waals surface area contributed by atoms with E-state index in [2.05, 4.69) is 33.4 Å². The van der Waals surface area contributed by atoms with Crippen LogP contribution in [0.1, 0.15) is 45.2 Å². The summed E-state index contributed by atoms with van der Waals surface area (Å²) in [5.74, 6) is 3.60. The molecule has 9 heteroatoms. The van der Waals surface area contributed by atoms with E-state index in [4.69, 9.17) is 24.1 Å². The molecular formula is C28H36N6O3. The Labute approximate surface area is 217 Å². The number of fused-ring (bicyclic) bond motifs is 2. The van der Waals surface area contributed by atoms with E-state index in [0.29, 0.717) is 25.1 Å². The fraction of sp³-hybridized carbons (Fsp3) is 0.536. The minimum atomic E-state index is -0.626. The number of ether oxygens (including phenoxy) is 1. The van der Waals surface area contributed by atoms with Gasteiger partial charge in [-0.3, -0.25) is 9.47 Å². The Bertz CT molecular complexity index is 1390. The first-order valence-electron chi connectivity index (χ1n) is 13.5. The summed E-state index contributed by atoms with van der Waals surface area (Å²) in [5.41, 5.74) is 2.87. The van der Waals surface area contributed by atoms with Gasteiger partial charge >= 0.3 is 0 Å². The van der Waals surface area contributed by atoms with Gasteiger partial charge in [0.2, 0.25) is 5.95 Å². The lowest BCUT2D eigenvalue weighted by Gasteiger charge is -2.37. The molecule has 2 aliphatic heterocycles. The van der Waals surface area contributed by atoms with Gasteiger partial charge in [-0.2, -0.15) is 4.98 Å². The van der Waals surface area contributed by atoms with Crippen LogP contribution in [0.2, 0.25) is 0 Å². The van der Waals surface area contributed by atoms with Gasteiger partial charge in [-0.1, -0.05) is 19.1 Å². The number of morpholine rings is 1. The quantitative estimate of drug-likeness (QED) is 0.422. The molecule has 5 heterocycles. The first kappa shape index (κ1) is 24.3. The van der Waals surface area contributed by atoms with Crippen LogP contribution >= 0.6 is 0 Å². The van der Waals surface area contributed by atoms with Crippen LogP contribution in [0.15, 0.2) is 34.7 Å². The minimum Gasteiger partial charge on any atom is -0.454 e. The Balaban J connectivity index is 1.38. The van der Waals surface area contributed by atoms with Crippen LogP contribution in [0.25, 0.3) is 28.1 Å². The number of benzene rings is 1. The molecule has 0 spiro atoms. The Morgan fingerprint density at radius 1 is 1.00 bits per heavy atom. The highest BCUT2D eigenvalue weighted by Crippen LogP contribution is 2.32. The Hall–Kier alpha value is -3.01. The van der Waals surface area contributed by atoms with Crippen molar-refractivity contribution < 1.29 is 14.3 Å². The smallest absolute Gasteiger partial charge is 0.238 e. The van der Waals surface area contributed by atoms with Gasteiger partial charge in [0, 0.05) is 25.6 Å². The van der Waals surface area contributed by atoms with Crippen LogP contribution in [0, 0.1) is 5.92 Å². The van der Waals surface area contributed by atoms with E-state index in [0.717, 1.165) is 91.5 Å². The number of furan rings is 1. The number of aliphatic hydroxyl groups is 1. The monoisotopic (exact) mass is 504 g/mol. The van der Waals surface area contributed by atoms with E-state index in [1.54, 1.807) is 0 Å². The topological polar surface area (TPSA) is 92.7 Å². The van der Waals surface area contributed by atoms with Crippen molar-refractivity contribution >= 4 is 28.0 Å². The van der Waals surface area contributed by atoms with Crippen LogP contribution in [-0.4, -0.2) is 74.5 Å². The van der Waals surface area contributed by atoms with E-state index in [9.17, 15) is 5.11 Å². The molecule has 196 valence electrons. The first-order chi connectivity index (χ1) is 17.9. The molecule has 0 saturated carbocycles. The molecule has 37 heavy (non-hydrogen) atoms. The Morgan fingerprint density at radius 3 is 2.49 bits per heavy atom. The number of hydrogen-bond donors (Lipinski definition) is 1. The van der Waals surface area contributed by atoms with Gasteiger partial charge in [-0.15, -0.1) is 0 Å². The zero-order chi connectivity index (χ0) is 25.6. The standard InChI is InChI=1S/C28H36N6O3/c1-4-24-29-21-7-5-6-8-23(21)34(24)27-30-22-17-20(18-32-11-9-19(10-12-32)28(2,3)35)37-25(22)26(31-27)33-13-15-36-16-14-33/h5-8,17,19,35H,4,9-16,18H2,1-3H3. The number of aromatic nitrogens is 4. The van der Waals surface area contributed by atoms with Crippen molar-refractivity contribution in [3.05, 3.63) is 41.9 Å². The SMILES string of the molecule is CCc1nc2ccccc2n1-c1nc(N2CCOCC2)c2oc(CN3CCC(C(C)(C)O)CC3)cc2n1. The van der Waals surface area contributed by atoms with Gasteiger partial charge in [0.05, 0.1) is 36.4 Å². The summed E-state index contributed by atoms with van der Waals surface area (Å²) in [7, 11) is 0. The Morgan fingerprint density at radius 2 is 1.76 bits per heavy atom. The number of imidazole rings is 1. The van der Waals surface area contributed by atoms with E-state index in [1.807, 2.05) is 32.0 Å². The lowest BCUT2D eigenvalue weighted by molar-refractivity contribution is -0.0142. The Kier molecular flexibility index (Phi) is 6.38. The number of piperidine rings is 1. The van der Waals surface area contributed by atoms with Crippen molar-refractivity contribution in [1.29, 1.82) is 0 Å². The maximum atomic E-state index is 10.4. The summed E-state index contributed by atoms with van der Waals surface area (Å²) >= 11 is 0. The van der Waals surface area contributed by atoms with Crippen LogP contribution < -0.4 is 4.90 Å². The predicted molar refractivity (Wildman–Crippen MR) is 143 cm³/mol. The van der Waals surface area contributed by atoms with Crippen molar-refractivity contribution in [3.8, 4) is 5.95 Å². The average Bonchev–Trinajstić information content (AvgIpc) is 3.49. The number of hydrogen-bond acceptors (Lipinski definition) is 8.